The number of hydrogen-bond donors (Lipinski definition) is 3. The fourth-order valence-corrected chi connectivity index (χ4v) is 2.67. The average molecular weight is 261 g/mol. The molecule has 1 saturated carbocycles. The minimum Gasteiger partial charge on any atom is -0.349 e. The molecule has 4 N–H and O–H groups in total. The standard InChI is InChI=1S/C15H23N3O/c1-10-3-6-14(9-11(10)2)17-15(19)12-4-7-13(18-16)8-5-12/h4-5,7-8,10-11,14,18H,3,6,9,16H2,1-2H3,(H,17,19). The number of nitrogens with two attached hydrogens (primary N) is 1. The fourth-order valence-electron chi connectivity index (χ4n) is 2.67. The van der Waals surface area contributed by atoms with Crippen LogP contribution in [0.4, 0.5) is 5.69 Å². The summed E-state index contributed by atoms with van der Waals surface area (Å²) in [6.45, 7) is 4.56. The van der Waals surface area contributed by atoms with Gasteiger partial charge in [-0.1, -0.05) is 13.8 Å². The van der Waals surface area contributed by atoms with Crippen LogP contribution in [0.5, 0.6) is 0 Å². The second kappa shape index (κ2) is 6.06. The summed E-state index contributed by atoms with van der Waals surface area (Å²) in [5, 5.41) is 3.13. The van der Waals surface area contributed by atoms with E-state index in [1.54, 1.807) is 24.3 Å². The van der Waals surface area contributed by atoms with Gasteiger partial charge in [0.15, 0.2) is 0 Å². The number of anilines is 1. The Morgan fingerprint density at radius 2 is 1.84 bits per heavy atom. The Bertz CT molecular complexity index is 430. The number of amides is 1. The number of carbonyl (C=O) groups excluding carboxylic acids is 1. The van der Waals surface area contributed by atoms with Gasteiger partial charge in [-0.05, 0) is 55.4 Å². The zero-order valence-electron chi connectivity index (χ0n) is 11.6. The van der Waals surface area contributed by atoms with Crippen LogP contribution in [0, 0.1) is 11.8 Å². The van der Waals surface area contributed by atoms with E-state index in [9.17, 15) is 4.79 Å². The van der Waals surface area contributed by atoms with Gasteiger partial charge in [0, 0.05) is 17.3 Å². The summed E-state index contributed by atoms with van der Waals surface area (Å²) in [5.41, 5.74) is 4.04. The molecule has 19 heavy (non-hydrogen) atoms. The molecule has 0 saturated heterocycles. The van der Waals surface area contributed by atoms with Crippen LogP contribution in [0.2, 0.25) is 0 Å². The van der Waals surface area contributed by atoms with E-state index in [-0.39, 0.29) is 5.91 Å². The van der Waals surface area contributed by atoms with Crippen molar-refractivity contribution < 1.29 is 4.79 Å². The summed E-state index contributed by atoms with van der Waals surface area (Å²) in [5.74, 6) is 6.76. The van der Waals surface area contributed by atoms with Gasteiger partial charge in [-0.15, -0.1) is 0 Å². The minimum atomic E-state index is 0.00956. The monoisotopic (exact) mass is 261 g/mol. The van der Waals surface area contributed by atoms with Gasteiger partial charge in [-0.25, -0.2) is 0 Å². The highest BCUT2D eigenvalue weighted by Gasteiger charge is 2.25. The van der Waals surface area contributed by atoms with Crippen LogP contribution in [0.3, 0.4) is 0 Å². The SMILES string of the molecule is CC1CCC(NC(=O)c2ccc(NN)cc2)CC1C. The van der Waals surface area contributed by atoms with E-state index < -0.39 is 0 Å². The average Bonchev–Trinajstić information content (AvgIpc) is 2.43. The third kappa shape index (κ3) is 3.47. The summed E-state index contributed by atoms with van der Waals surface area (Å²) in [4.78, 5) is 12.1. The van der Waals surface area contributed by atoms with Crippen molar-refractivity contribution in [2.24, 2.45) is 17.7 Å². The molecule has 1 aromatic carbocycles. The van der Waals surface area contributed by atoms with Gasteiger partial charge in [0.25, 0.3) is 5.91 Å². The van der Waals surface area contributed by atoms with Crippen molar-refractivity contribution >= 4 is 11.6 Å². The third-order valence-electron chi connectivity index (χ3n) is 4.25. The molecule has 2 rings (SSSR count). The Morgan fingerprint density at radius 3 is 2.42 bits per heavy atom. The molecule has 0 spiro atoms. The van der Waals surface area contributed by atoms with Crippen LogP contribution in [-0.4, -0.2) is 11.9 Å². The maximum absolute atomic E-state index is 12.1. The number of rotatable bonds is 3. The van der Waals surface area contributed by atoms with Gasteiger partial charge in [0.2, 0.25) is 0 Å². The molecule has 1 fully saturated rings. The molecular formula is C15H23N3O. The summed E-state index contributed by atoms with van der Waals surface area (Å²) in [6, 6.07) is 7.51. The topological polar surface area (TPSA) is 67.2 Å². The molecule has 4 nitrogen and oxygen atoms in total. The molecule has 3 atom stereocenters. The van der Waals surface area contributed by atoms with Crippen LogP contribution < -0.4 is 16.6 Å². The number of nitrogen functional groups attached to an aromatic ring is 1. The molecule has 1 aliphatic carbocycles. The predicted molar refractivity (Wildman–Crippen MR) is 77.7 cm³/mol. The Morgan fingerprint density at radius 1 is 1.16 bits per heavy atom. The quantitative estimate of drug-likeness (QED) is 0.578. The lowest BCUT2D eigenvalue weighted by atomic mass is 9.79. The van der Waals surface area contributed by atoms with Gasteiger partial charge < -0.3 is 10.7 Å². The van der Waals surface area contributed by atoms with Crippen molar-refractivity contribution in [3.05, 3.63) is 29.8 Å². The predicted octanol–water partition coefficient (Wildman–Crippen LogP) is 2.53. The fraction of sp³-hybridized carbons (Fsp3) is 0.533. The first-order valence-electron chi connectivity index (χ1n) is 6.97. The maximum atomic E-state index is 12.1. The van der Waals surface area contributed by atoms with Crippen molar-refractivity contribution in [1.82, 2.24) is 5.32 Å². The highest BCUT2D eigenvalue weighted by molar-refractivity contribution is 5.94. The van der Waals surface area contributed by atoms with Crippen molar-refractivity contribution in [1.29, 1.82) is 0 Å². The maximum Gasteiger partial charge on any atom is 0.251 e. The first kappa shape index (κ1) is 13.9. The van der Waals surface area contributed by atoms with Gasteiger partial charge >= 0.3 is 0 Å². The third-order valence-corrected chi connectivity index (χ3v) is 4.25. The van der Waals surface area contributed by atoms with E-state index in [0.29, 0.717) is 17.5 Å². The number of hydrazine groups is 1. The Hall–Kier alpha value is -1.55. The molecule has 0 heterocycles. The lowest BCUT2D eigenvalue weighted by Crippen LogP contribution is -2.39. The summed E-state index contributed by atoms with van der Waals surface area (Å²) in [6.07, 6.45) is 3.36. The van der Waals surface area contributed by atoms with Crippen LogP contribution in [0.1, 0.15) is 43.5 Å². The second-order valence-corrected chi connectivity index (χ2v) is 5.66. The molecule has 1 amide bonds. The molecule has 0 aromatic heterocycles. The highest BCUT2D eigenvalue weighted by atomic mass is 16.1. The number of benzene rings is 1. The summed E-state index contributed by atoms with van der Waals surface area (Å²) in [7, 11) is 0. The lowest BCUT2D eigenvalue weighted by molar-refractivity contribution is 0.0910. The Kier molecular flexibility index (Phi) is 4.43. The molecule has 0 bridgehead atoms. The summed E-state index contributed by atoms with van der Waals surface area (Å²) >= 11 is 0. The van der Waals surface area contributed by atoms with Gasteiger partial charge in [0.05, 0.1) is 0 Å². The Labute approximate surface area is 114 Å². The first-order valence-corrected chi connectivity index (χ1v) is 6.97. The normalized spacial score (nSPS) is 26.8. The van der Waals surface area contributed by atoms with Crippen LogP contribution in [0.25, 0.3) is 0 Å². The molecule has 1 aromatic rings. The van der Waals surface area contributed by atoms with E-state index in [0.717, 1.165) is 24.4 Å². The van der Waals surface area contributed by atoms with Gasteiger partial charge in [-0.2, -0.15) is 0 Å². The molecule has 0 aliphatic heterocycles. The second-order valence-electron chi connectivity index (χ2n) is 5.66. The van der Waals surface area contributed by atoms with Crippen LogP contribution >= 0.6 is 0 Å². The van der Waals surface area contributed by atoms with Crippen molar-refractivity contribution in [3.8, 4) is 0 Å². The molecule has 104 valence electrons. The van der Waals surface area contributed by atoms with Crippen molar-refractivity contribution in [2.45, 2.75) is 39.2 Å². The molecule has 3 unspecified atom stereocenters. The van der Waals surface area contributed by atoms with Crippen LogP contribution in [-0.2, 0) is 0 Å². The lowest BCUT2D eigenvalue weighted by Gasteiger charge is -2.32. The van der Waals surface area contributed by atoms with Gasteiger partial charge in [-0.3, -0.25) is 10.6 Å². The number of hydrogen-bond acceptors (Lipinski definition) is 3. The smallest absolute Gasteiger partial charge is 0.251 e. The van der Waals surface area contributed by atoms with E-state index in [1.165, 1.54) is 6.42 Å². The number of carbonyl (C=O) groups is 1. The molecular weight excluding hydrogens is 238 g/mol. The Balaban J connectivity index is 1.93. The highest BCUT2D eigenvalue weighted by Crippen LogP contribution is 2.29. The van der Waals surface area contributed by atoms with Crippen LogP contribution in [0.15, 0.2) is 24.3 Å². The van der Waals surface area contributed by atoms with E-state index in [2.05, 4.69) is 24.6 Å². The zero-order valence-corrected chi connectivity index (χ0v) is 11.6. The minimum absolute atomic E-state index is 0.00956. The van der Waals surface area contributed by atoms with Gasteiger partial charge in [0.1, 0.15) is 0 Å². The first-order chi connectivity index (χ1) is 9.10. The zero-order chi connectivity index (χ0) is 13.8. The molecule has 4 heteroatoms. The summed E-state index contributed by atoms with van der Waals surface area (Å²) < 4.78 is 0. The van der Waals surface area contributed by atoms with E-state index in [1.807, 2.05) is 0 Å². The molecule has 0 radical (unpaired) electrons. The van der Waals surface area contributed by atoms with E-state index in [4.69, 9.17) is 5.84 Å². The van der Waals surface area contributed by atoms with Crippen molar-refractivity contribution in [3.63, 3.8) is 0 Å². The largest absolute Gasteiger partial charge is 0.349 e. The molecule has 1 aliphatic rings. The number of nitrogens with one attached hydrogen (secondary N) is 2. The van der Waals surface area contributed by atoms with E-state index >= 15 is 0 Å². The van der Waals surface area contributed by atoms with Crippen molar-refractivity contribution in [2.75, 3.05) is 5.43 Å².